The molecule has 2 heterocycles. The van der Waals surface area contributed by atoms with Gasteiger partial charge in [0.25, 0.3) is 21.5 Å². The van der Waals surface area contributed by atoms with Gasteiger partial charge in [0.05, 0.1) is 21.8 Å². The van der Waals surface area contributed by atoms with Crippen LogP contribution in [0.4, 0.5) is 5.69 Å². The predicted octanol–water partition coefficient (Wildman–Crippen LogP) is 3.01. The minimum atomic E-state index is -4.23. The molecule has 0 saturated carbocycles. The normalized spacial score (nSPS) is 15.8. The molecule has 1 N–H and O–H groups in total. The Bertz CT molecular complexity index is 1520. The minimum absolute atomic E-state index is 0.0270. The molecule has 2 aromatic carbocycles. The predicted molar refractivity (Wildman–Crippen MR) is 143 cm³/mol. The van der Waals surface area contributed by atoms with Crippen molar-refractivity contribution in [2.24, 2.45) is 13.0 Å². The van der Waals surface area contributed by atoms with Crippen molar-refractivity contribution in [2.75, 3.05) is 24.4 Å². The number of sulfonamides is 1. The van der Waals surface area contributed by atoms with Gasteiger partial charge in [0.15, 0.2) is 6.61 Å². The third-order valence-corrected chi connectivity index (χ3v) is 8.21. The number of carbonyl (C=O) groups excluding carboxylic acids is 2. The fourth-order valence-corrected chi connectivity index (χ4v) is 5.72. The summed E-state index contributed by atoms with van der Waals surface area (Å²) in [7, 11) is -2.57. The lowest BCUT2D eigenvalue weighted by molar-refractivity contribution is -0.136. The number of benzene rings is 2. The van der Waals surface area contributed by atoms with Gasteiger partial charge in [0.2, 0.25) is 0 Å². The Labute approximate surface area is 221 Å². The molecule has 0 bridgehead atoms. The smallest absolute Gasteiger partial charge is 0.338 e. The van der Waals surface area contributed by atoms with Crippen LogP contribution in [0.3, 0.4) is 0 Å². The zero-order valence-electron chi connectivity index (χ0n) is 21.9. The third-order valence-electron chi connectivity index (χ3n) is 6.87. The number of likely N-dealkylation sites (tertiary alicyclic amines) is 1. The molecule has 1 amide bonds. The summed E-state index contributed by atoms with van der Waals surface area (Å²) in [5.41, 5.74) is 0.899. The molecule has 1 aliphatic heterocycles. The minimum Gasteiger partial charge on any atom is -0.452 e. The van der Waals surface area contributed by atoms with Crippen molar-refractivity contribution in [3.8, 4) is 5.69 Å². The number of ether oxygens (including phenoxy) is 1. The van der Waals surface area contributed by atoms with Crippen LogP contribution in [0.1, 0.15) is 41.4 Å². The number of carbonyl (C=O) groups is 2. The lowest BCUT2D eigenvalue weighted by atomic mass is 10.0. The van der Waals surface area contributed by atoms with Crippen LogP contribution in [-0.4, -0.2) is 54.3 Å². The van der Waals surface area contributed by atoms with Crippen LogP contribution in [0.5, 0.6) is 0 Å². The number of hydrogen-bond acceptors (Lipinski definition) is 6. The number of para-hydroxylation sites is 1. The number of rotatable bonds is 7. The number of amides is 1. The molecule has 1 atom stereocenters. The second-order valence-corrected chi connectivity index (χ2v) is 11.4. The largest absolute Gasteiger partial charge is 0.452 e. The summed E-state index contributed by atoms with van der Waals surface area (Å²) >= 11 is 0. The van der Waals surface area contributed by atoms with Crippen molar-refractivity contribution in [3.05, 3.63) is 75.7 Å². The van der Waals surface area contributed by atoms with E-state index in [0.717, 1.165) is 12.8 Å². The number of nitrogens with zero attached hydrogens (tertiary/aromatic N) is 3. The van der Waals surface area contributed by atoms with Crippen molar-refractivity contribution in [2.45, 2.75) is 38.5 Å². The van der Waals surface area contributed by atoms with Crippen molar-refractivity contribution < 1.29 is 22.7 Å². The van der Waals surface area contributed by atoms with Crippen LogP contribution < -0.4 is 10.3 Å². The van der Waals surface area contributed by atoms with E-state index in [4.69, 9.17) is 4.74 Å². The maximum atomic E-state index is 13.3. The van der Waals surface area contributed by atoms with Crippen LogP contribution >= 0.6 is 0 Å². The van der Waals surface area contributed by atoms with Gasteiger partial charge in [-0.15, -0.1) is 0 Å². The second kappa shape index (κ2) is 10.9. The summed E-state index contributed by atoms with van der Waals surface area (Å²) in [6, 6.07) is 12.9. The first-order chi connectivity index (χ1) is 18.0. The highest BCUT2D eigenvalue weighted by atomic mass is 32.2. The summed E-state index contributed by atoms with van der Waals surface area (Å²) in [5.74, 6) is -0.673. The van der Waals surface area contributed by atoms with Gasteiger partial charge in [-0.3, -0.25) is 19.0 Å². The first kappa shape index (κ1) is 27.2. The van der Waals surface area contributed by atoms with Gasteiger partial charge in [0, 0.05) is 20.1 Å². The molecule has 11 heteroatoms. The lowest BCUT2D eigenvalue weighted by Gasteiger charge is -2.30. The van der Waals surface area contributed by atoms with E-state index in [9.17, 15) is 22.8 Å². The summed E-state index contributed by atoms with van der Waals surface area (Å²) in [5, 5.41) is 0. The van der Waals surface area contributed by atoms with Crippen molar-refractivity contribution >= 4 is 27.6 Å². The molecule has 0 unspecified atom stereocenters. The highest BCUT2D eigenvalue weighted by Crippen LogP contribution is 2.22. The molecule has 0 aliphatic carbocycles. The molecule has 202 valence electrons. The number of aryl methyl sites for hydroxylation is 1. The maximum absolute atomic E-state index is 13.3. The standard InChI is InChI=1S/C27H32N4O6S/c1-18-9-8-14-30(16-18)24(32)17-37-27(34)23-15-22(13-12-19(23)2)38(35,36)28-25-20(3)29(4)31(26(25)33)21-10-6-5-7-11-21/h5-7,10-13,15,18,28H,8-9,14,16-17H2,1-4H3/t18-/m1/s1. The van der Waals surface area contributed by atoms with Crippen molar-refractivity contribution in [1.29, 1.82) is 0 Å². The SMILES string of the molecule is Cc1ccc(S(=O)(=O)Nc2c(C)n(C)n(-c3ccccc3)c2=O)cc1C(=O)OCC(=O)N1CCC[C@@H](C)C1. The average molecular weight is 541 g/mol. The van der Waals surface area contributed by atoms with Crippen molar-refractivity contribution in [3.63, 3.8) is 0 Å². The zero-order valence-corrected chi connectivity index (χ0v) is 22.7. The number of nitrogens with one attached hydrogen (secondary N) is 1. The van der Waals surface area contributed by atoms with E-state index in [1.165, 1.54) is 22.9 Å². The fraction of sp³-hybridized carbons (Fsp3) is 0.370. The monoisotopic (exact) mass is 540 g/mol. The zero-order chi connectivity index (χ0) is 27.6. The topological polar surface area (TPSA) is 120 Å². The molecule has 1 aliphatic rings. The van der Waals surface area contributed by atoms with E-state index in [2.05, 4.69) is 11.6 Å². The van der Waals surface area contributed by atoms with Crippen LogP contribution in [0.25, 0.3) is 5.69 Å². The Morgan fingerprint density at radius 2 is 1.82 bits per heavy atom. The molecule has 10 nitrogen and oxygen atoms in total. The summed E-state index contributed by atoms with van der Waals surface area (Å²) in [6.07, 6.45) is 1.96. The van der Waals surface area contributed by atoms with Gasteiger partial charge in [0.1, 0.15) is 5.69 Å². The van der Waals surface area contributed by atoms with E-state index in [0.29, 0.717) is 36.0 Å². The molecule has 1 aromatic heterocycles. The Morgan fingerprint density at radius 1 is 1.11 bits per heavy atom. The Kier molecular flexibility index (Phi) is 7.77. The van der Waals surface area contributed by atoms with Gasteiger partial charge in [-0.05, 0) is 62.4 Å². The Hall–Kier alpha value is -3.86. The molecular weight excluding hydrogens is 508 g/mol. The van der Waals surface area contributed by atoms with E-state index in [1.807, 2.05) is 6.07 Å². The summed E-state index contributed by atoms with van der Waals surface area (Å²) in [6.45, 7) is 6.19. The van der Waals surface area contributed by atoms with E-state index in [1.54, 1.807) is 54.7 Å². The molecule has 1 saturated heterocycles. The first-order valence-corrected chi connectivity index (χ1v) is 13.9. The summed E-state index contributed by atoms with van der Waals surface area (Å²) < 4.78 is 37.1. The molecule has 4 rings (SSSR count). The van der Waals surface area contributed by atoms with E-state index in [-0.39, 0.29) is 22.1 Å². The highest BCUT2D eigenvalue weighted by Gasteiger charge is 2.25. The summed E-state index contributed by atoms with van der Waals surface area (Å²) in [4.78, 5) is 39.9. The number of hydrogen-bond donors (Lipinski definition) is 1. The second-order valence-electron chi connectivity index (χ2n) is 9.68. The Morgan fingerprint density at radius 3 is 2.50 bits per heavy atom. The van der Waals surface area contributed by atoms with Crippen LogP contribution in [0, 0.1) is 19.8 Å². The van der Waals surface area contributed by atoms with Gasteiger partial charge in [-0.2, -0.15) is 0 Å². The van der Waals surface area contributed by atoms with Crippen molar-refractivity contribution in [1.82, 2.24) is 14.3 Å². The highest BCUT2D eigenvalue weighted by molar-refractivity contribution is 7.92. The number of aromatic nitrogens is 2. The van der Waals surface area contributed by atoms with Gasteiger partial charge >= 0.3 is 5.97 Å². The van der Waals surface area contributed by atoms with Crippen LogP contribution in [0.2, 0.25) is 0 Å². The van der Waals surface area contributed by atoms with Crippen LogP contribution in [-0.2, 0) is 26.6 Å². The molecule has 0 radical (unpaired) electrons. The van der Waals surface area contributed by atoms with E-state index >= 15 is 0 Å². The maximum Gasteiger partial charge on any atom is 0.338 e. The number of anilines is 1. The average Bonchev–Trinajstić information content (AvgIpc) is 3.10. The molecular formula is C27H32N4O6S. The van der Waals surface area contributed by atoms with Gasteiger partial charge < -0.3 is 9.64 Å². The molecule has 38 heavy (non-hydrogen) atoms. The van der Waals surface area contributed by atoms with Crippen LogP contribution in [0.15, 0.2) is 58.2 Å². The van der Waals surface area contributed by atoms with E-state index < -0.39 is 28.2 Å². The lowest BCUT2D eigenvalue weighted by Crippen LogP contribution is -2.41. The molecule has 0 spiro atoms. The third kappa shape index (κ3) is 5.52. The Balaban J connectivity index is 1.54. The first-order valence-electron chi connectivity index (χ1n) is 12.4. The fourth-order valence-electron chi connectivity index (χ4n) is 4.58. The van der Waals surface area contributed by atoms with Gasteiger partial charge in [-0.25, -0.2) is 17.9 Å². The van der Waals surface area contributed by atoms with Gasteiger partial charge in [-0.1, -0.05) is 31.2 Å². The molecule has 3 aromatic rings. The quantitative estimate of drug-likeness (QED) is 0.460. The molecule has 1 fully saturated rings. The number of esters is 1. The number of piperidine rings is 1.